The van der Waals surface area contributed by atoms with Crippen molar-refractivity contribution in [2.75, 3.05) is 13.2 Å². The normalized spacial score (nSPS) is 23.6. The third-order valence-corrected chi connectivity index (χ3v) is 6.21. The molecule has 0 radical (unpaired) electrons. The highest BCUT2D eigenvalue weighted by Crippen LogP contribution is 2.37. The molecule has 0 bridgehead atoms. The molecular weight excluding hydrogens is 324 g/mol. The van der Waals surface area contributed by atoms with E-state index in [1.54, 1.807) is 0 Å². The molecule has 2 aromatic rings. The SMILES string of the molecule is c1cncc(COC[C@H]2CN(C3CCC3)Cc3ncn(CC4CC4)c32)c1. The highest BCUT2D eigenvalue weighted by Gasteiger charge is 2.36. The van der Waals surface area contributed by atoms with E-state index in [4.69, 9.17) is 9.72 Å². The van der Waals surface area contributed by atoms with E-state index in [1.165, 1.54) is 43.5 Å². The van der Waals surface area contributed by atoms with Gasteiger partial charge >= 0.3 is 0 Å². The molecular formula is C21H28N4O. The first-order chi connectivity index (χ1) is 12.9. The topological polar surface area (TPSA) is 43.2 Å². The van der Waals surface area contributed by atoms with Crippen LogP contribution in [0, 0.1) is 5.92 Å². The number of fused-ring (bicyclic) bond motifs is 1. The Bertz CT molecular complexity index is 736. The van der Waals surface area contributed by atoms with Gasteiger partial charge in [0, 0.05) is 49.7 Å². The van der Waals surface area contributed by atoms with Crippen molar-refractivity contribution in [3.63, 3.8) is 0 Å². The lowest BCUT2D eigenvalue weighted by Gasteiger charge is -2.42. The minimum absolute atomic E-state index is 0.428. The second kappa shape index (κ2) is 7.12. The second-order valence-electron chi connectivity index (χ2n) is 8.26. The fraction of sp³-hybridized carbons (Fsp3) is 0.619. The predicted molar refractivity (Wildman–Crippen MR) is 99.6 cm³/mol. The highest BCUT2D eigenvalue weighted by atomic mass is 16.5. The van der Waals surface area contributed by atoms with Crippen LogP contribution >= 0.6 is 0 Å². The van der Waals surface area contributed by atoms with E-state index < -0.39 is 0 Å². The number of rotatable bonds is 7. The molecule has 2 aromatic heterocycles. The molecule has 5 rings (SSSR count). The van der Waals surface area contributed by atoms with Gasteiger partial charge in [-0.05, 0) is 43.2 Å². The molecule has 2 fully saturated rings. The summed E-state index contributed by atoms with van der Waals surface area (Å²) in [5.41, 5.74) is 3.88. The average Bonchev–Trinajstić information content (AvgIpc) is 3.33. The summed E-state index contributed by atoms with van der Waals surface area (Å²) in [5, 5.41) is 0. The highest BCUT2D eigenvalue weighted by molar-refractivity contribution is 5.23. The smallest absolute Gasteiger partial charge is 0.0952 e. The Morgan fingerprint density at radius 1 is 1.19 bits per heavy atom. The lowest BCUT2D eigenvalue weighted by Crippen LogP contribution is -2.45. The van der Waals surface area contributed by atoms with Gasteiger partial charge in [0.2, 0.25) is 0 Å². The van der Waals surface area contributed by atoms with E-state index in [0.717, 1.165) is 43.8 Å². The van der Waals surface area contributed by atoms with Gasteiger partial charge in [0.15, 0.2) is 0 Å². The number of ether oxygens (including phenoxy) is 1. The Kier molecular flexibility index (Phi) is 4.51. The van der Waals surface area contributed by atoms with Crippen LogP contribution in [0.2, 0.25) is 0 Å². The van der Waals surface area contributed by atoms with Gasteiger partial charge in [-0.15, -0.1) is 0 Å². The Balaban J connectivity index is 1.31. The summed E-state index contributed by atoms with van der Waals surface area (Å²) in [6.07, 6.45) is 12.6. The van der Waals surface area contributed by atoms with Gasteiger partial charge in [-0.25, -0.2) is 4.98 Å². The Morgan fingerprint density at radius 2 is 2.12 bits per heavy atom. The van der Waals surface area contributed by atoms with Gasteiger partial charge in [0.05, 0.1) is 25.2 Å². The fourth-order valence-electron chi connectivity index (χ4n) is 4.34. The summed E-state index contributed by atoms with van der Waals surface area (Å²) in [6, 6.07) is 4.81. The Labute approximate surface area is 155 Å². The first-order valence-electron chi connectivity index (χ1n) is 10.1. The van der Waals surface area contributed by atoms with Crippen molar-refractivity contribution in [1.29, 1.82) is 0 Å². The first-order valence-corrected chi connectivity index (χ1v) is 10.1. The predicted octanol–water partition coefficient (Wildman–Crippen LogP) is 3.36. The molecule has 0 spiro atoms. The minimum atomic E-state index is 0.428. The summed E-state index contributed by atoms with van der Waals surface area (Å²) < 4.78 is 8.57. The minimum Gasteiger partial charge on any atom is -0.376 e. The van der Waals surface area contributed by atoms with Crippen LogP contribution in [0.1, 0.15) is 55.0 Å². The van der Waals surface area contributed by atoms with Gasteiger partial charge in [0.1, 0.15) is 0 Å². The molecule has 0 N–H and O–H groups in total. The zero-order chi connectivity index (χ0) is 17.3. The van der Waals surface area contributed by atoms with Crippen LogP contribution in [0.4, 0.5) is 0 Å². The van der Waals surface area contributed by atoms with Crippen LogP contribution in [0.3, 0.4) is 0 Å². The Hall–Kier alpha value is -1.72. The Morgan fingerprint density at radius 3 is 2.85 bits per heavy atom. The molecule has 0 aromatic carbocycles. The van der Waals surface area contributed by atoms with Crippen LogP contribution in [-0.2, 0) is 24.4 Å². The molecule has 0 saturated heterocycles. The number of nitrogens with zero attached hydrogens (tertiary/aromatic N) is 4. The number of imidazole rings is 1. The third kappa shape index (κ3) is 3.42. The van der Waals surface area contributed by atoms with Gasteiger partial charge in [-0.3, -0.25) is 9.88 Å². The van der Waals surface area contributed by atoms with Gasteiger partial charge in [0.25, 0.3) is 0 Å². The van der Waals surface area contributed by atoms with Gasteiger partial charge in [-0.2, -0.15) is 0 Å². The van der Waals surface area contributed by atoms with Crippen molar-refractivity contribution >= 4 is 0 Å². The molecule has 0 unspecified atom stereocenters. The van der Waals surface area contributed by atoms with Gasteiger partial charge in [-0.1, -0.05) is 12.5 Å². The fourth-order valence-corrected chi connectivity index (χ4v) is 4.34. The van der Waals surface area contributed by atoms with E-state index in [9.17, 15) is 0 Å². The van der Waals surface area contributed by atoms with Crippen molar-refractivity contribution in [2.45, 2.75) is 63.8 Å². The molecule has 1 atom stereocenters. The molecule has 5 nitrogen and oxygen atoms in total. The van der Waals surface area contributed by atoms with Crippen molar-refractivity contribution in [3.05, 3.63) is 47.8 Å². The van der Waals surface area contributed by atoms with E-state index >= 15 is 0 Å². The summed E-state index contributed by atoms with van der Waals surface area (Å²) in [7, 11) is 0. The third-order valence-electron chi connectivity index (χ3n) is 6.21. The lowest BCUT2D eigenvalue weighted by atomic mass is 9.88. The van der Waals surface area contributed by atoms with Crippen LogP contribution in [0.5, 0.6) is 0 Å². The molecule has 2 aliphatic carbocycles. The molecule has 138 valence electrons. The zero-order valence-corrected chi connectivity index (χ0v) is 15.4. The van der Waals surface area contributed by atoms with E-state index in [0.29, 0.717) is 12.5 Å². The summed E-state index contributed by atoms with van der Waals surface area (Å²) in [5.74, 6) is 1.30. The standard InChI is InChI=1S/C21H28N4O/c1-4-19(5-1)24-11-18(14-26-13-17-3-2-8-22-9-17)21-20(12-24)23-15-25(21)10-16-6-7-16/h2-3,8-9,15-16,18-19H,1,4-7,10-14H2/t18-/m1/s1. The zero-order valence-electron chi connectivity index (χ0n) is 15.4. The number of hydrogen-bond donors (Lipinski definition) is 0. The summed E-state index contributed by atoms with van der Waals surface area (Å²) >= 11 is 0. The molecule has 3 heterocycles. The molecule has 3 aliphatic rings. The van der Waals surface area contributed by atoms with Crippen molar-refractivity contribution in [3.8, 4) is 0 Å². The van der Waals surface area contributed by atoms with Crippen LogP contribution in [0.15, 0.2) is 30.9 Å². The van der Waals surface area contributed by atoms with E-state index in [-0.39, 0.29) is 0 Å². The van der Waals surface area contributed by atoms with Gasteiger partial charge < -0.3 is 9.30 Å². The van der Waals surface area contributed by atoms with Crippen LogP contribution in [0.25, 0.3) is 0 Å². The average molecular weight is 352 g/mol. The first kappa shape index (κ1) is 16.5. The quantitative estimate of drug-likeness (QED) is 0.766. The molecule has 26 heavy (non-hydrogen) atoms. The summed E-state index contributed by atoms with van der Waals surface area (Å²) in [6.45, 7) is 4.68. The molecule has 0 amide bonds. The maximum absolute atomic E-state index is 6.13. The van der Waals surface area contributed by atoms with Crippen molar-refractivity contribution in [2.24, 2.45) is 5.92 Å². The van der Waals surface area contributed by atoms with Crippen molar-refractivity contribution in [1.82, 2.24) is 19.4 Å². The van der Waals surface area contributed by atoms with E-state index in [2.05, 4.69) is 26.8 Å². The summed E-state index contributed by atoms with van der Waals surface area (Å²) in [4.78, 5) is 11.6. The maximum atomic E-state index is 6.13. The van der Waals surface area contributed by atoms with E-state index in [1.807, 2.05) is 18.5 Å². The molecule has 1 aliphatic heterocycles. The van der Waals surface area contributed by atoms with Crippen LogP contribution in [-0.4, -0.2) is 38.6 Å². The lowest BCUT2D eigenvalue weighted by molar-refractivity contribution is 0.0545. The number of pyridine rings is 1. The second-order valence-corrected chi connectivity index (χ2v) is 8.26. The van der Waals surface area contributed by atoms with Crippen molar-refractivity contribution < 1.29 is 4.74 Å². The monoisotopic (exact) mass is 352 g/mol. The number of aromatic nitrogens is 3. The molecule has 5 heteroatoms. The molecule has 2 saturated carbocycles. The number of hydrogen-bond acceptors (Lipinski definition) is 4. The van der Waals surface area contributed by atoms with Crippen LogP contribution < -0.4 is 0 Å². The largest absolute Gasteiger partial charge is 0.376 e. The maximum Gasteiger partial charge on any atom is 0.0952 e.